The van der Waals surface area contributed by atoms with E-state index < -0.39 is 10.0 Å². The number of nitrogens with one attached hydrogen (secondary N) is 2. The quantitative estimate of drug-likeness (QED) is 0.690. The number of hydrogen-bond donors (Lipinski definition) is 2. The van der Waals surface area contributed by atoms with Crippen molar-refractivity contribution in [2.45, 2.75) is 37.1 Å². The van der Waals surface area contributed by atoms with Crippen molar-refractivity contribution in [2.24, 2.45) is 0 Å². The maximum atomic E-state index is 12.4. The number of carbonyl (C=O) groups excluding carboxylic acids is 1. The lowest BCUT2D eigenvalue weighted by atomic mass is 10.0. The van der Waals surface area contributed by atoms with Crippen LogP contribution in [0.3, 0.4) is 0 Å². The average Bonchev–Trinajstić information content (AvgIpc) is 2.70. The second-order valence-electron chi connectivity index (χ2n) is 6.12. The van der Waals surface area contributed by atoms with Gasteiger partial charge in [0, 0.05) is 12.0 Å². The molecule has 6 nitrogen and oxygen atoms in total. The predicted molar refractivity (Wildman–Crippen MR) is 105 cm³/mol. The molecule has 1 atom stereocenters. The molecule has 0 bridgehead atoms. The highest BCUT2D eigenvalue weighted by Crippen LogP contribution is 2.26. The molecule has 0 aliphatic heterocycles. The smallest absolute Gasteiger partial charge is 0.240 e. The lowest BCUT2D eigenvalue weighted by Crippen LogP contribution is -2.28. The molecular weight excluding hydrogens is 364 g/mol. The molecular formula is C20H26N2O4S. The molecule has 0 heterocycles. The van der Waals surface area contributed by atoms with E-state index in [0.29, 0.717) is 12.8 Å². The summed E-state index contributed by atoms with van der Waals surface area (Å²) in [6, 6.07) is 14.1. The third kappa shape index (κ3) is 5.55. The molecule has 7 heteroatoms. The number of amides is 1. The van der Waals surface area contributed by atoms with E-state index in [4.69, 9.17) is 4.74 Å². The van der Waals surface area contributed by atoms with Gasteiger partial charge >= 0.3 is 0 Å². The molecule has 1 unspecified atom stereocenters. The molecule has 0 radical (unpaired) electrons. The Hall–Kier alpha value is -2.38. The fraction of sp³-hybridized carbons (Fsp3) is 0.350. The summed E-state index contributed by atoms with van der Waals surface area (Å²) < 4.78 is 31.1. The number of sulfonamides is 1. The summed E-state index contributed by atoms with van der Waals surface area (Å²) in [5.74, 6) is 0.700. The highest BCUT2D eigenvalue weighted by Gasteiger charge is 2.16. The normalized spacial score (nSPS) is 12.4. The Morgan fingerprint density at radius 3 is 2.37 bits per heavy atom. The van der Waals surface area contributed by atoms with Gasteiger partial charge in [-0.05, 0) is 43.7 Å². The van der Waals surface area contributed by atoms with Crippen molar-refractivity contribution in [1.82, 2.24) is 10.0 Å². The van der Waals surface area contributed by atoms with Crippen LogP contribution >= 0.6 is 0 Å². The molecule has 0 aliphatic rings. The van der Waals surface area contributed by atoms with Crippen LogP contribution in [-0.4, -0.2) is 28.5 Å². The zero-order valence-corrected chi connectivity index (χ0v) is 16.7. The minimum Gasteiger partial charge on any atom is -0.496 e. The molecule has 146 valence electrons. The Balaban J connectivity index is 1.97. The second kappa shape index (κ2) is 9.53. The van der Waals surface area contributed by atoms with E-state index in [0.717, 1.165) is 23.3 Å². The first kappa shape index (κ1) is 20.9. The van der Waals surface area contributed by atoms with Crippen molar-refractivity contribution < 1.29 is 17.9 Å². The van der Waals surface area contributed by atoms with Gasteiger partial charge in [0.25, 0.3) is 0 Å². The first-order valence-electron chi connectivity index (χ1n) is 8.86. The molecule has 2 aromatic carbocycles. The number of rotatable bonds is 9. The summed E-state index contributed by atoms with van der Waals surface area (Å²) >= 11 is 0. The monoisotopic (exact) mass is 390 g/mol. The summed E-state index contributed by atoms with van der Waals surface area (Å²) in [6.45, 7) is 2.01. The van der Waals surface area contributed by atoms with Gasteiger partial charge in [-0.1, -0.05) is 37.3 Å². The van der Waals surface area contributed by atoms with Gasteiger partial charge in [-0.25, -0.2) is 13.1 Å². The van der Waals surface area contributed by atoms with Crippen LogP contribution in [0.25, 0.3) is 0 Å². The summed E-state index contributed by atoms with van der Waals surface area (Å²) in [6.07, 6.45) is 1.61. The maximum Gasteiger partial charge on any atom is 0.240 e. The van der Waals surface area contributed by atoms with Crippen molar-refractivity contribution in [3.63, 3.8) is 0 Å². The van der Waals surface area contributed by atoms with Gasteiger partial charge in [-0.3, -0.25) is 4.79 Å². The van der Waals surface area contributed by atoms with Gasteiger partial charge < -0.3 is 10.1 Å². The number of para-hydroxylation sites is 1. The zero-order valence-electron chi connectivity index (χ0n) is 15.9. The SMILES string of the molecule is CCC(NC(=O)CCc1ccc(S(=O)(=O)NC)cc1)c1ccccc1OC. The second-order valence-corrected chi connectivity index (χ2v) is 8.01. The van der Waals surface area contributed by atoms with Crippen LogP contribution in [0.2, 0.25) is 0 Å². The first-order valence-corrected chi connectivity index (χ1v) is 10.3. The van der Waals surface area contributed by atoms with E-state index in [1.54, 1.807) is 31.4 Å². The predicted octanol–water partition coefficient (Wildman–Crippen LogP) is 2.80. The van der Waals surface area contributed by atoms with Crippen LogP contribution in [0, 0.1) is 0 Å². The Labute approximate surface area is 161 Å². The van der Waals surface area contributed by atoms with Crippen LogP contribution in [0.15, 0.2) is 53.4 Å². The van der Waals surface area contributed by atoms with Crippen molar-refractivity contribution in [3.05, 3.63) is 59.7 Å². The van der Waals surface area contributed by atoms with Crippen LogP contribution < -0.4 is 14.8 Å². The standard InChI is InChI=1S/C20H26N2O4S/c1-4-18(17-7-5-6-8-19(17)26-3)22-20(23)14-11-15-9-12-16(13-10-15)27(24,25)21-2/h5-10,12-13,18,21H,4,11,14H2,1-3H3,(H,22,23). The Kier molecular flexibility index (Phi) is 7.38. The minimum absolute atomic E-state index is 0.0559. The summed E-state index contributed by atoms with van der Waals surface area (Å²) in [7, 11) is -0.453. The average molecular weight is 391 g/mol. The highest BCUT2D eigenvalue weighted by atomic mass is 32.2. The van der Waals surface area contributed by atoms with E-state index in [1.165, 1.54) is 7.05 Å². The largest absolute Gasteiger partial charge is 0.496 e. The Morgan fingerprint density at radius 1 is 1.11 bits per heavy atom. The van der Waals surface area contributed by atoms with Gasteiger partial charge in [0.1, 0.15) is 5.75 Å². The van der Waals surface area contributed by atoms with Crippen LogP contribution in [-0.2, 0) is 21.2 Å². The fourth-order valence-electron chi connectivity index (χ4n) is 2.83. The third-order valence-corrected chi connectivity index (χ3v) is 5.83. The number of aryl methyl sites for hydroxylation is 1. The van der Waals surface area contributed by atoms with Crippen molar-refractivity contribution in [1.29, 1.82) is 0 Å². The molecule has 0 aromatic heterocycles. The van der Waals surface area contributed by atoms with E-state index in [-0.39, 0.29) is 16.8 Å². The first-order chi connectivity index (χ1) is 12.9. The summed E-state index contributed by atoms with van der Waals surface area (Å²) in [5, 5.41) is 3.05. The van der Waals surface area contributed by atoms with Gasteiger partial charge in [-0.2, -0.15) is 0 Å². The minimum atomic E-state index is -3.44. The van der Waals surface area contributed by atoms with E-state index in [1.807, 2.05) is 31.2 Å². The molecule has 1 amide bonds. The van der Waals surface area contributed by atoms with E-state index in [2.05, 4.69) is 10.0 Å². The van der Waals surface area contributed by atoms with Gasteiger partial charge in [-0.15, -0.1) is 0 Å². The summed E-state index contributed by atoms with van der Waals surface area (Å²) in [5.41, 5.74) is 1.86. The Morgan fingerprint density at radius 2 is 1.78 bits per heavy atom. The number of ether oxygens (including phenoxy) is 1. The fourth-order valence-corrected chi connectivity index (χ4v) is 3.56. The number of hydrogen-bond acceptors (Lipinski definition) is 4. The molecule has 27 heavy (non-hydrogen) atoms. The molecule has 0 saturated carbocycles. The van der Waals surface area contributed by atoms with Gasteiger partial charge in [0.05, 0.1) is 18.0 Å². The molecule has 0 saturated heterocycles. The van der Waals surface area contributed by atoms with Crippen LogP contribution in [0.5, 0.6) is 5.75 Å². The topological polar surface area (TPSA) is 84.5 Å². The van der Waals surface area contributed by atoms with Crippen LogP contribution in [0.4, 0.5) is 0 Å². The molecule has 2 N–H and O–H groups in total. The lowest BCUT2D eigenvalue weighted by Gasteiger charge is -2.20. The number of benzene rings is 2. The molecule has 2 rings (SSSR count). The van der Waals surface area contributed by atoms with Crippen molar-refractivity contribution in [3.8, 4) is 5.75 Å². The zero-order chi connectivity index (χ0) is 19.9. The van der Waals surface area contributed by atoms with Crippen LogP contribution in [0.1, 0.15) is 36.9 Å². The lowest BCUT2D eigenvalue weighted by molar-refractivity contribution is -0.121. The Bertz CT molecular complexity index is 864. The number of carbonyl (C=O) groups is 1. The third-order valence-electron chi connectivity index (χ3n) is 4.40. The van der Waals surface area contributed by atoms with Gasteiger partial charge in [0.15, 0.2) is 0 Å². The maximum absolute atomic E-state index is 12.4. The van der Waals surface area contributed by atoms with E-state index in [9.17, 15) is 13.2 Å². The molecule has 0 fully saturated rings. The van der Waals surface area contributed by atoms with Gasteiger partial charge in [0.2, 0.25) is 15.9 Å². The highest BCUT2D eigenvalue weighted by molar-refractivity contribution is 7.89. The molecule has 2 aromatic rings. The van der Waals surface area contributed by atoms with E-state index >= 15 is 0 Å². The van der Waals surface area contributed by atoms with Crippen molar-refractivity contribution in [2.75, 3.05) is 14.2 Å². The van der Waals surface area contributed by atoms with Crippen molar-refractivity contribution >= 4 is 15.9 Å². The summed E-state index contributed by atoms with van der Waals surface area (Å²) in [4.78, 5) is 12.6. The number of methoxy groups -OCH3 is 1. The molecule has 0 spiro atoms. The molecule has 0 aliphatic carbocycles.